The van der Waals surface area contributed by atoms with Gasteiger partial charge in [-0.1, -0.05) is 26.0 Å². The molecule has 0 radical (unpaired) electrons. The van der Waals surface area contributed by atoms with Gasteiger partial charge in [-0.15, -0.1) is 0 Å². The molecule has 2 heteroatoms. The van der Waals surface area contributed by atoms with Crippen LogP contribution in [0.15, 0.2) is 12.2 Å². The lowest BCUT2D eigenvalue weighted by Gasteiger charge is -2.14. The Morgan fingerprint density at radius 2 is 2.18 bits per heavy atom. The highest BCUT2D eigenvalue weighted by Crippen LogP contribution is 1.95. The van der Waals surface area contributed by atoms with Crippen molar-refractivity contribution in [3.8, 4) is 0 Å². The highest BCUT2D eigenvalue weighted by Gasteiger charge is 2.01. The van der Waals surface area contributed by atoms with E-state index < -0.39 is 0 Å². The maximum absolute atomic E-state index is 8.82. The number of aliphatic hydroxyl groups is 1. The van der Waals surface area contributed by atoms with Gasteiger partial charge in [-0.3, -0.25) is 0 Å². The molecule has 0 saturated heterocycles. The highest BCUT2D eigenvalue weighted by molar-refractivity contribution is 4.95. The van der Waals surface area contributed by atoms with Crippen LogP contribution in [-0.2, 0) is 0 Å². The predicted octanol–water partition coefficient (Wildman–Crippen LogP) is 1.31. The minimum absolute atomic E-state index is 0.216. The summed E-state index contributed by atoms with van der Waals surface area (Å²) >= 11 is 0. The fourth-order valence-electron chi connectivity index (χ4n) is 0.752. The smallest absolute Gasteiger partial charge is 0.0584 e. The summed E-state index contributed by atoms with van der Waals surface area (Å²) in [4.78, 5) is 0. The third kappa shape index (κ3) is 4.99. The van der Waals surface area contributed by atoms with E-state index in [4.69, 9.17) is 5.11 Å². The van der Waals surface area contributed by atoms with E-state index >= 15 is 0 Å². The summed E-state index contributed by atoms with van der Waals surface area (Å²) in [5.41, 5.74) is 1.19. The van der Waals surface area contributed by atoms with Gasteiger partial charge in [0.15, 0.2) is 0 Å². The molecule has 2 nitrogen and oxygen atoms in total. The maximum Gasteiger partial charge on any atom is 0.0584 e. The molecule has 0 rings (SSSR count). The molecular formula is C9H19NO. The first-order valence-corrected chi connectivity index (χ1v) is 4.25. The Labute approximate surface area is 69.3 Å². The van der Waals surface area contributed by atoms with Crippen LogP contribution in [0.5, 0.6) is 0 Å². The summed E-state index contributed by atoms with van der Waals surface area (Å²) in [7, 11) is 0. The quantitative estimate of drug-likeness (QED) is 0.570. The van der Waals surface area contributed by atoms with Crippen LogP contribution in [0.2, 0.25) is 0 Å². The lowest BCUT2D eigenvalue weighted by molar-refractivity contribution is 0.242. The van der Waals surface area contributed by atoms with Gasteiger partial charge < -0.3 is 10.4 Å². The molecule has 1 atom stereocenters. The van der Waals surface area contributed by atoms with Crippen molar-refractivity contribution in [2.75, 3.05) is 13.2 Å². The number of nitrogens with one attached hydrogen (secondary N) is 1. The molecule has 1 unspecified atom stereocenters. The van der Waals surface area contributed by atoms with Gasteiger partial charge in [-0.05, 0) is 12.8 Å². The fraction of sp³-hybridized carbons (Fsp3) is 0.778. The second-order valence-corrected chi connectivity index (χ2v) is 2.77. The monoisotopic (exact) mass is 157 g/mol. The molecule has 0 amide bonds. The molecule has 0 aromatic rings. The number of aliphatic hydroxyl groups excluding tert-OH is 1. The Hall–Kier alpha value is -0.340. The highest BCUT2D eigenvalue weighted by atomic mass is 16.3. The van der Waals surface area contributed by atoms with Gasteiger partial charge in [0.05, 0.1) is 6.61 Å². The zero-order valence-electron chi connectivity index (χ0n) is 7.56. The van der Waals surface area contributed by atoms with Crippen LogP contribution in [0, 0.1) is 0 Å². The van der Waals surface area contributed by atoms with Crippen molar-refractivity contribution in [2.45, 2.75) is 32.7 Å². The summed E-state index contributed by atoms with van der Waals surface area (Å²) in [6.07, 6.45) is 1.97. The van der Waals surface area contributed by atoms with E-state index in [-0.39, 0.29) is 12.6 Å². The van der Waals surface area contributed by atoms with Crippen LogP contribution in [-0.4, -0.2) is 24.3 Å². The Morgan fingerprint density at radius 3 is 2.55 bits per heavy atom. The van der Waals surface area contributed by atoms with Crippen molar-refractivity contribution in [3.63, 3.8) is 0 Å². The van der Waals surface area contributed by atoms with E-state index in [2.05, 4.69) is 25.7 Å². The van der Waals surface area contributed by atoms with Crippen LogP contribution in [0.25, 0.3) is 0 Å². The van der Waals surface area contributed by atoms with E-state index in [1.807, 2.05) is 0 Å². The Balaban J connectivity index is 3.42. The summed E-state index contributed by atoms with van der Waals surface area (Å²) in [5.74, 6) is 0. The first-order chi connectivity index (χ1) is 5.24. The van der Waals surface area contributed by atoms with Crippen molar-refractivity contribution in [2.24, 2.45) is 0 Å². The zero-order valence-corrected chi connectivity index (χ0v) is 7.56. The average molecular weight is 157 g/mol. The molecule has 0 heterocycles. The standard InChI is InChI=1S/C9H19NO/c1-4-8(3)6-10-9(5-2)7-11/h9-11H,3-7H2,1-2H3. The van der Waals surface area contributed by atoms with E-state index in [1.54, 1.807) is 0 Å². The van der Waals surface area contributed by atoms with Crippen molar-refractivity contribution in [1.29, 1.82) is 0 Å². The number of hydrogen-bond donors (Lipinski definition) is 2. The van der Waals surface area contributed by atoms with Crippen LogP contribution in [0.3, 0.4) is 0 Å². The summed E-state index contributed by atoms with van der Waals surface area (Å²) < 4.78 is 0. The summed E-state index contributed by atoms with van der Waals surface area (Å²) in [6, 6.07) is 0.235. The lowest BCUT2D eigenvalue weighted by Crippen LogP contribution is -2.32. The summed E-state index contributed by atoms with van der Waals surface area (Å²) in [6.45, 7) is 9.06. The molecule has 0 fully saturated rings. The summed E-state index contributed by atoms with van der Waals surface area (Å²) in [5, 5.41) is 12.0. The lowest BCUT2D eigenvalue weighted by atomic mass is 10.2. The van der Waals surface area contributed by atoms with Crippen molar-refractivity contribution >= 4 is 0 Å². The van der Waals surface area contributed by atoms with Crippen LogP contribution in [0.1, 0.15) is 26.7 Å². The van der Waals surface area contributed by atoms with E-state index in [9.17, 15) is 0 Å². The molecule has 0 aliphatic rings. The molecule has 0 bridgehead atoms. The first kappa shape index (κ1) is 10.7. The molecule has 66 valence electrons. The number of rotatable bonds is 6. The average Bonchev–Trinajstić information content (AvgIpc) is 2.06. The van der Waals surface area contributed by atoms with Gasteiger partial charge in [0.2, 0.25) is 0 Å². The molecule has 0 aliphatic heterocycles. The van der Waals surface area contributed by atoms with E-state index in [0.717, 1.165) is 19.4 Å². The molecule has 0 aromatic carbocycles. The normalized spacial score (nSPS) is 13.0. The molecular weight excluding hydrogens is 138 g/mol. The molecule has 11 heavy (non-hydrogen) atoms. The maximum atomic E-state index is 8.82. The molecule has 0 spiro atoms. The van der Waals surface area contributed by atoms with Crippen molar-refractivity contribution in [3.05, 3.63) is 12.2 Å². The first-order valence-electron chi connectivity index (χ1n) is 4.25. The minimum Gasteiger partial charge on any atom is -0.395 e. The second-order valence-electron chi connectivity index (χ2n) is 2.77. The topological polar surface area (TPSA) is 32.3 Å². The van der Waals surface area contributed by atoms with E-state index in [1.165, 1.54) is 5.57 Å². The SMILES string of the molecule is C=C(CC)CNC(CC)CO. The van der Waals surface area contributed by atoms with Gasteiger partial charge >= 0.3 is 0 Å². The minimum atomic E-state index is 0.216. The third-order valence-electron chi connectivity index (χ3n) is 1.85. The van der Waals surface area contributed by atoms with Crippen molar-refractivity contribution < 1.29 is 5.11 Å². The predicted molar refractivity (Wildman–Crippen MR) is 48.6 cm³/mol. The Kier molecular flexibility index (Phi) is 6.18. The van der Waals surface area contributed by atoms with Crippen molar-refractivity contribution in [1.82, 2.24) is 5.32 Å². The fourth-order valence-corrected chi connectivity index (χ4v) is 0.752. The van der Waals surface area contributed by atoms with Gasteiger partial charge in [0, 0.05) is 12.6 Å². The zero-order chi connectivity index (χ0) is 8.69. The van der Waals surface area contributed by atoms with Gasteiger partial charge in [-0.2, -0.15) is 0 Å². The van der Waals surface area contributed by atoms with Gasteiger partial charge in [0.25, 0.3) is 0 Å². The molecule has 2 N–H and O–H groups in total. The van der Waals surface area contributed by atoms with E-state index in [0.29, 0.717) is 0 Å². The van der Waals surface area contributed by atoms with Gasteiger partial charge in [0.1, 0.15) is 0 Å². The van der Waals surface area contributed by atoms with Crippen LogP contribution >= 0.6 is 0 Å². The number of hydrogen-bond acceptors (Lipinski definition) is 2. The largest absolute Gasteiger partial charge is 0.395 e. The van der Waals surface area contributed by atoms with Crippen LogP contribution < -0.4 is 5.32 Å². The molecule has 0 saturated carbocycles. The van der Waals surface area contributed by atoms with Crippen LogP contribution in [0.4, 0.5) is 0 Å². The Bertz CT molecular complexity index is 108. The second kappa shape index (κ2) is 6.38. The van der Waals surface area contributed by atoms with Gasteiger partial charge in [-0.25, -0.2) is 0 Å². The molecule has 0 aromatic heterocycles. The third-order valence-corrected chi connectivity index (χ3v) is 1.85. The molecule has 0 aliphatic carbocycles. The Morgan fingerprint density at radius 1 is 1.55 bits per heavy atom.